The molecule has 1 heterocycles. The molecule has 4 rings (SSSR count). The van der Waals surface area contributed by atoms with Crippen molar-refractivity contribution in [3.8, 4) is 5.75 Å². The van der Waals surface area contributed by atoms with E-state index in [1.165, 1.54) is 23.8 Å². The number of halogens is 1. The molecule has 0 aromatic heterocycles. The van der Waals surface area contributed by atoms with E-state index in [-0.39, 0.29) is 35.3 Å². The Labute approximate surface area is 189 Å². The molecule has 2 aromatic rings. The standard InChI is InChI=1S/C23H21ClN2O4S/c1-30-20-12-14(24)6-11-19(20)25-21(27)13-31-16-9-7-15(8-10-16)26-22(28)17-4-2-3-5-18(17)23(26)29/h2-3,6-12,17-18H,4-5,13H2,1H3,(H,25,27). The summed E-state index contributed by atoms with van der Waals surface area (Å²) in [5.41, 5.74) is 1.12. The molecule has 0 bridgehead atoms. The van der Waals surface area contributed by atoms with Crippen LogP contribution in [0.15, 0.2) is 59.5 Å². The van der Waals surface area contributed by atoms with Crippen molar-refractivity contribution in [2.75, 3.05) is 23.1 Å². The summed E-state index contributed by atoms with van der Waals surface area (Å²) in [6, 6.07) is 12.1. The van der Waals surface area contributed by atoms with E-state index in [0.717, 1.165) is 4.90 Å². The first-order valence-electron chi connectivity index (χ1n) is 9.87. The maximum atomic E-state index is 12.7. The van der Waals surface area contributed by atoms with Gasteiger partial charge in [-0.2, -0.15) is 0 Å². The number of amides is 3. The number of methoxy groups -OCH3 is 1. The first-order valence-corrected chi connectivity index (χ1v) is 11.2. The van der Waals surface area contributed by atoms with Crippen LogP contribution in [0, 0.1) is 11.8 Å². The minimum absolute atomic E-state index is 0.129. The zero-order valence-electron chi connectivity index (χ0n) is 16.8. The Morgan fingerprint density at radius 1 is 1.10 bits per heavy atom. The van der Waals surface area contributed by atoms with Gasteiger partial charge in [0.1, 0.15) is 5.75 Å². The Kier molecular flexibility index (Phi) is 6.34. The number of thioether (sulfide) groups is 1. The van der Waals surface area contributed by atoms with E-state index >= 15 is 0 Å². The second-order valence-corrected chi connectivity index (χ2v) is 8.83. The highest BCUT2D eigenvalue weighted by Gasteiger charge is 2.47. The van der Waals surface area contributed by atoms with Crippen LogP contribution in [-0.2, 0) is 14.4 Å². The molecular formula is C23H21ClN2O4S. The SMILES string of the molecule is COc1cc(Cl)ccc1NC(=O)CSc1ccc(N2C(=O)C3CC=CCC3C2=O)cc1. The van der Waals surface area contributed by atoms with Gasteiger partial charge in [0, 0.05) is 16.0 Å². The van der Waals surface area contributed by atoms with Crippen molar-refractivity contribution >= 4 is 52.5 Å². The molecule has 1 N–H and O–H groups in total. The largest absolute Gasteiger partial charge is 0.495 e. The molecule has 2 aliphatic rings. The molecule has 160 valence electrons. The third-order valence-corrected chi connectivity index (χ3v) is 6.66. The summed E-state index contributed by atoms with van der Waals surface area (Å²) in [6.45, 7) is 0. The van der Waals surface area contributed by atoms with Crippen molar-refractivity contribution in [1.29, 1.82) is 0 Å². The molecule has 6 nitrogen and oxygen atoms in total. The van der Waals surface area contributed by atoms with E-state index in [4.69, 9.17) is 16.3 Å². The molecule has 2 aromatic carbocycles. The van der Waals surface area contributed by atoms with Gasteiger partial charge in [0.15, 0.2) is 0 Å². The fourth-order valence-electron chi connectivity index (χ4n) is 3.85. The maximum absolute atomic E-state index is 12.7. The predicted octanol–water partition coefficient (Wildman–Crippen LogP) is 4.54. The number of rotatable bonds is 6. The van der Waals surface area contributed by atoms with Gasteiger partial charge in [-0.05, 0) is 49.2 Å². The van der Waals surface area contributed by atoms with E-state index in [1.54, 1.807) is 30.3 Å². The van der Waals surface area contributed by atoms with Crippen molar-refractivity contribution < 1.29 is 19.1 Å². The number of anilines is 2. The van der Waals surface area contributed by atoms with E-state index in [1.807, 2.05) is 24.3 Å². The van der Waals surface area contributed by atoms with Crippen molar-refractivity contribution in [3.63, 3.8) is 0 Å². The number of ether oxygens (including phenoxy) is 1. The monoisotopic (exact) mass is 456 g/mol. The lowest BCUT2D eigenvalue weighted by Gasteiger charge is -2.15. The third kappa shape index (κ3) is 4.48. The summed E-state index contributed by atoms with van der Waals surface area (Å²) in [4.78, 5) is 39.9. The number of hydrogen-bond donors (Lipinski definition) is 1. The number of allylic oxidation sites excluding steroid dienone is 2. The lowest BCUT2D eigenvalue weighted by molar-refractivity contribution is -0.122. The van der Waals surface area contributed by atoms with Crippen LogP contribution in [0.3, 0.4) is 0 Å². The topological polar surface area (TPSA) is 75.7 Å². The van der Waals surface area contributed by atoms with Gasteiger partial charge in [0.25, 0.3) is 0 Å². The summed E-state index contributed by atoms with van der Waals surface area (Å²) in [5, 5.41) is 3.33. The van der Waals surface area contributed by atoms with Crippen LogP contribution < -0.4 is 15.0 Å². The van der Waals surface area contributed by atoms with E-state index < -0.39 is 0 Å². The molecule has 1 aliphatic carbocycles. The van der Waals surface area contributed by atoms with Crippen molar-refractivity contribution in [1.82, 2.24) is 0 Å². The molecule has 0 spiro atoms. The Balaban J connectivity index is 1.37. The van der Waals surface area contributed by atoms with Crippen LogP contribution in [0.5, 0.6) is 5.75 Å². The number of carbonyl (C=O) groups is 3. The minimum Gasteiger partial charge on any atom is -0.495 e. The highest BCUT2D eigenvalue weighted by Crippen LogP contribution is 2.38. The van der Waals surface area contributed by atoms with E-state index in [9.17, 15) is 14.4 Å². The van der Waals surface area contributed by atoms with Gasteiger partial charge in [-0.1, -0.05) is 23.8 Å². The van der Waals surface area contributed by atoms with Gasteiger partial charge in [0.05, 0.1) is 36.1 Å². The molecule has 0 saturated carbocycles. The number of nitrogens with zero attached hydrogens (tertiary/aromatic N) is 1. The zero-order valence-corrected chi connectivity index (χ0v) is 18.4. The van der Waals surface area contributed by atoms with Crippen molar-refractivity contribution in [2.45, 2.75) is 17.7 Å². The maximum Gasteiger partial charge on any atom is 0.238 e. The average Bonchev–Trinajstić information content (AvgIpc) is 3.04. The van der Waals surface area contributed by atoms with E-state index in [2.05, 4.69) is 5.32 Å². The molecule has 1 aliphatic heterocycles. The Morgan fingerprint density at radius 2 is 1.74 bits per heavy atom. The van der Waals surface area contributed by atoms with Crippen LogP contribution in [0.2, 0.25) is 5.02 Å². The number of fused-ring (bicyclic) bond motifs is 1. The molecule has 31 heavy (non-hydrogen) atoms. The first kappa shape index (κ1) is 21.5. The second kappa shape index (κ2) is 9.16. The molecule has 1 saturated heterocycles. The number of imide groups is 1. The smallest absolute Gasteiger partial charge is 0.238 e. The van der Waals surface area contributed by atoms with Crippen molar-refractivity contribution in [2.24, 2.45) is 11.8 Å². The predicted molar refractivity (Wildman–Crippen MR) is 122 cm³/mol. The van der Waals surface area contributed by atoms with Crippen LogP contribution in [0.25, 0.3) is 0 Å². The highest BCUT2D eigenvalue weighted by molar-refractivity contribution is 8.00. The number of nitrogens with one attached hydrogen (secondary N) is 1. The van der Waals surface area contributed by atoms with Gasteiger partial charge in [0.2, 0.25) is 17.7 Å². The average molecular weight is 457 g/mol. The normalized spacial score (nSPS) is 20.0. The van der Waals surface area contributed by atoms with Gasteiger partial charge in [-0.15, -0.1) is 11.8 Å². The molecule has 1 fully saturated rings. The summed E-state index contributed by atoms with van der Waals surface area (Å²) in [5.74, 6) is -0.253. The second-order valence-electron chi connectivity index (χ2n) is 7.34. The number of benzene rings is 2. The van der Waals surface area contributed by atoms with Gasteiger partial charge in [-0.25, -0.2) is 0 Å². The van der Waals surface area contributed by atoms with Crippen LogP contribution in [-0.4, -0.2) is 30.6 Å². The Hall–Kier alpha value is -2.77. The molecule has 0 radical (unpaired) electrons. The highest BCUT2D eigenvalue weighted by atomic mass is 35.5. The molecule has 8 heteroatoms. The van der Waals surface area contributed by atoms with Gasteiger partial charge < -0.3 is 10.1 Å². The van der Waals surface area contributed by atoms with Crippen LogP contribution >= 0.6 is 23.4 Å². The lowest BCUT2D eigenvalue weighted by Crippen LogP contribution is -2.30. The first-order chi connectivity index (χ1) is 15.0. The Bertz CT molecular complexity index is 1030. The summed E-state index contributed by atoms with van der Waals surface area (Å²) < 4.78 is 5.23. The number of hydrogen-bond acceptors (Lipinski definition) is 5. The Morgan fingerprint density at radius 3 is 2.35 bits per heavy atom. The fourth-order valence-corrected chi connectivity index (χ4v) is 4.71. The summed E-state index contributed by atoms with van der Waals surface area (Å²) in [6.07, 6.45) is 5.18. The molecule has 3 amide bonds. The third-order valence-electron chi connectivity index (χ3n) is 5.41. The minimum atomic E-state index is -0.250. The van der Waals surface area contributed by atoms with Crippen LogP contribution in [0.1, 0.15) is 12.8 Å². The zero-order chi connectivity index (χ0) is 22.0. The quantitative estimate of drug-likeness (QED) is 0.392. The lowest BCUT2D eigenvalue weighted by atomic mass is 9.85. The van der Waals surface area contributed by atoms with Gasteiger partial charge in [-0.3, -0.25) is 19.3 Å². The summed E-state index contributed by atoms with van der Waals surface area (Å²) in [7, 11) is 1.51. The molecule has 2 atom stereocenters. The van der Waals surface area contributed by atoms with Gasteiger partial charge >= 0.3 is 0 Å². The fraction of sp³-hybridized carbons (Fsp3) is 0.261. The van der Waals surface area contributed by atoms with E-state index in [0.29, 0.717) is 35.0 Å². The van der Waals surface area contributed by atoms with Crippen LogP contribution in [0.4, 0.5) is 11.4 Å². The molecular weight excluding hydrogens is 436 g/mol. The molecule has 2 unspecified atom stereocenters. The van der Waals surface area contributed by atoms with Crippen molar-refractivity contribution in [3.05, 3.63) is 59.6 Å². The number of carbonyl (C=O) groups excluding carboxylic acids is 3. The summed E-state index contributed by atoms with van der Waals surface area (Å²) >= 11 is 7.30.